The molecule has 0 heterocycles. The van der Waals surface area contributed by atoms with Crippen LogP contribution in [0.25, 0.3) is 0 Å². The molecular formula is C19H31NO. The van der Waals surface area contributed by atoms with Gasteiger partial charge in [-0.05, 0) is 63.0 Å². The molecule has 118 valence electrons. The number of aliphatic hydroxyl groups is 1. The van der Waals surface area contributed by atoms with Crippen LogP contribution in [-0.2, 0) is 6.42 Å². The third-order valence-corrected chi connectivity index (χ3v) is 4.98. The first-order chi connectivity index (χ1) is 10.2. The number of nitrogens with one attached hydrogen (secondary N) is 1. The smallest absolute Gasteiger partial charge is 0.0771 e. The van der Waals surface area contributed by atoms with E-state index in [1.165, 1.54) is 37.7 Å². The lowest BCUT2D eigenvalue weighted by atomic mass is 9.78. The molecule has 1 aromatic rings. The first-order valence-corrected chi connectivity index (χ1v) is 8.69. The van der Waals surface area contributed by atoms with Gasteiger partial charge in [-0.3, -0.25) is 0 Å². The second-order valence-electron chi connectivity index (χ2n) is 6.70. The van der Waals surface area contributed by atoms with Gasteiger partial charge in [-0.25, -0.2) is 0 Å². The largest absolute Gasteiger partial charge is 0.389 e. The number of hydrogen-bond donors (Lipinski definition) is 2. The van der Waals surface area contributed by atoms with Crippen molar-refractivity contribution in [3.8, 4) is 0 Å². The molecule has 0 atom stereocenters. The Morgan fingerprint density at radius 1 is 1.14 bits per heavy atom. The van der Waals surface area contributed by atoms with Crippen molar-refractivity contribution in [3.63, 3.8) is 0 Å². The van der Waals surface area contributed by atoms with E-state index >= 15 is 0 Å². The molecule has 2 N–H and O–H groups in total. The molecular weight excluding hydrogens is 258 g/mol. The Kier molecular flexibility index (Phi) is 6.72. The number of hydrogen-bond acceptors (Lipinski definition) is 2. The normalized spacial score (nSPS) is 25.9. The van der Waals surface area contributed by atoms with Crippen molar-refractivity contribution in [3.05, 3.63) is 35.9 Å². The second-order valence-corrected chi connectivity index (χ2v) is 6.70. The molecule has 0 unspecified atom stereocenters. The SMILES string of the molecule is CCC1CCC(O)(CNCCCCc2ccccc2)CC1. The van der Waals surface area contributed by atoms with Crippen LogP contribution < -0.4 is 5.32 Å². The highest BCUT2D eigenvalue weighted by atomic mass is 16.3. The predicted molar refractivity (Wildman–Crippen MR) is 89.4 cm³/mol. The number of rotatable bonds is 8. The van der Waals surface area contributed by atoms with Crippen molar-refractivity contribution in [2.75, 3.05) is 13.1 Å². The molecule has 1 aliphatic rings. The summed E-state index contributed by atoms with van der Waals surface area (Å²) in [6, 6.07) is 10.7. The Labute approximate surface area is 130 Å². The lowest BCUT2D eigenvalue weighted by Gasteiger charge is -2.36. The molecule has 1 saturated carbocycles. The average molecular weight is 289 g/mol. The van der Waals surface area contributed by atoms with E-state index in [0.717, 1.165) is 38.3 Å². The topological polar surface area (TPSA) is 32.3 Å². The molecule has 1 fully saturated rings. The first kappa shape index (κ1) is 16.5. The van der Waals surface area contributed by atoms with E-state index in [0.29, 0.717) is 0 Å². The van der Waals surface area contributed by atoms with Gasteiger partial charge in [-0.2, -0.15) is 0 Å². The Morgan fingerprint density at radius 2 is 1.86 bits per heavy atom. The fourth-order valence-electron chi connectivity index (χ4n) is 3.34. The van der Waals surface area contributed by atoms with Gasteiger partial charge in [-0.15, -0.1) is 0 Å². The van der Waals surface area contributed by atoms with Crippen LogP contribution in [-0.4, -0.2) is 23.8 Å². The molecule has 0 spiro atoms. The van der Waals surface area contributed by atoms with Crippen LogP contribution in [0.4, 0.5) is 0 Å². The molecule has 2 heteroatoms. The summed E-state index contributed by atoms with van der Waals surface area (Å²) in [4.78, 5) is 0. The summed E-state index contributed by atoms with van der Waals surface area (Å²) in [6.07, 6.45) is 9.17. The van der Waals surface area contributed by atoms with Crippen molar-refractivity contribution < 1.29 is 5.11 Å². The van der Waals surface area contributed by atoms with E-state index < -0.39 is 5.60 Å². The summed E-state index contributed by atoms with van der Waals surface area (Å²) in [5.74, 6) is 0.844. The van der Waals surface area contributed by atoms with Crippen LogP contribution in [0.1, 0.15) is 57.4 Å². The second kappa shape index (κ2) is 8.55. The number of benzene rings is 1. The van der Waals surface area contributed by atoms with Gasteiger partial charge < -0.3 is 10.4 Å². The van der Waals surface area contributed by atoms with Gasteiger partial charge in [-0.1, -0.05) is 43.7 Å². The highest BCUT2D eigenvalue weighted by molar-refractivity contribution is 5.14. The molecule has 0 bridgehead atoms. The van der Waals surface area contributed by atoms with Crippen molar-refractivity contribution in [1.82, 2.24) is 5.32 Å². The standard InChI is InChI=1S/C19H31NO/c1-2-17-11-13-19(21,14-12-17)16-20-15-7-6-10-18-8-4-3-5-9-18/h3-5,8-9,17,20-21H,2,6-7,10-16H2,1H3. The van der Waals surface area contributed by atoms with Crippen LogP contribution in [0.3, 0.4) is 0 Å². The Hall–Kier alpha value is -0.860. The first-order valence-electron chi connectivity index (χ1n) is 8.69. The molecule has 21 heavy (non-hydrogen) atoms. The number of unbranched alkanes of at least 4 members (excludes halogenated alkanes) is 1. The summed E-state index contributed by atoms with van der Waals surface area (Å²) in [7, 11) is 0. The highest BCUT2D eigenvalue weighted by Crippen LogP contribution is 2.33. The Bertz CT molecular complexity index is 382. The molecule has 0 amide bonds. The maximum absolute atomic E-state index is 10.6. The van der Waals surface area contributed by atoms with Gasteiger partial charge in [0.25, 0.3) is 0 Å². The molecule has 0 radical (unpaired) electrons. The highest BCUT2D eigenvalue weighted by Gasteiger charge is 2.31. The molecule has 0 saturated heterocycles. The van der Waals surface area contributed by atoms with E-state index in [4.69, 9.17) is 0 Å². The zero-order chi connectivity index (χ0) is 15.0. The van der Waals surface area contributed by atoms with Crippen molar-refractivity contribution in [1.29, 1.82) is 0 Å². The van der Waals surface area contributed by atoms with Gasteiger partial charge in [0, 0.05) is 6.54 Å². The van der Waals surface area contributed by atoms with Gasteiger partial charge in [0.1, 0.15) is 0 Å². The lowest BCUT2D eigenvalue weighted by Crippen LogP contribution is -2.43. The molecule has 0 aliphatic heterocycles. The van der Waals surface area contributed by atoms with Gasteiger partial charge in [0.05, 0.1) is 5.60 Å². The van der Waals surface area contributed by atoms with E-state index in [9.17, 15) is 5.11 Å². The van der Waals surface area contributed by atoms with Crippen LogP contribution in [0, 0.1) is 5.92 Å². The predicted octanol–water partition coefficient (Wildman–Crippen LogP) is 3.93. The summed E-state index contributed by atoms with van der Waals surface area (Å²) < 4.78 is 0. The number of aryl methyl sites for hydroxylation is 1. The van der Waals surface area contributed by atoms with E-state index in [1.807, 2.05) is 0 Å². The zero-order valence-corrected chi connectivity index (χ0v) is 13.5. The van der Waals surface area contributed by atoms with E-state index in [2.05, 4.69) is 42.6 Å². The third kappa shape index (κ3) is 5.80. The minimum absolute atomic E-state index is 0.439. The van der Waals surface area contributed by atoms with Gasteiger partial charge in [0.15, 0.2) is 0 Å². The minimum atomic E-state index is -0.439. The third-order valence-electron chi connectivity index (χ3n) is 4.98. The summed E-state index contributed by atoms with van der Waals surface area (Å²) in [6.45, 7) is 4.06. The van der Waals surface area contributed by atoms with E-state index in [-0.39, 0.29) is 0 Å². The lowest BCUT2D eigenvalue weighted by molar-refractivity contribution is -0.00846. The maximum Gasteiger partial charge on any atom is 0.0771 e. The fourth-order valence-corrected chi connectivity index (χ4v) is 3.34. The zero-order valence-electron chi connectivity index (χ0n) is 13.5. The molecule has 0 aromatic heterocycles. The quantitative estimate of drug-likeness (QED) is 0.711. The molecule has 2 rings (SSSR count). The van der Waals surface area contributed by atoms with Crippen molar-refractivity contribution >= 4 is 0 Å². The van der Waals surface area contributed by atoms with Crippen molar-refractivity contribution in [2.24, 2.45) is 5.92 Å². The molecule has 1 aliphatic carbocycles. The van der Waals surface area contributed by atoms with Crippen LogP contribution >= 0.6 is 0 Å². The summed E-state index contributed by atoms with van der Waals surface area (Å²) >= 11 is 0. The van der Waals surface area contributed by atoms with Crippen LogP contribution in [0.15, 0.2) is 30.3 Å². The Morgan fingerprint density at radius 3 is 2.52 bits per heavy atom. The monoisotopic (exact) mass is 289 g/mol. The summed E-state index contributed by atoms with van der Waals surface area (Å²) in [5.41, 5.74) is 0.986. The van der Waals surface area contributed by atoms with Gasteiger partial charge >= 0.3 is 0 Å². The van der Waals surface area contributed by atoms with Gasteiger partial charge in [0.2, 0.25) is 0 Å². The average Bonchev–Trinajstić information content (AvgIpc) is 2.52. The fraction of sp³-hybridized carbons (Fsp3) is 0.684. The van der Waals surface area contributed by atoms with E-state index in [1.54, 1.807) is 0 Å². The minimum Gasteiger partial charge on any atom is -0.389 e. The molecule has 1 aromatic carbocycles. The van der Waals surface area contributed by atoms with Crippen LogP contribution in [0.2, 0.25) is 0 Å². The van der Waals surface area contributed by atoms with Crippen molar-refractivity contribution in [2.45, 2.75) is 63.9 Å². The molecule has 2 nitrogen and oxygen atoms in total. The maximum atomic E-state index is 10.6. The van der Waals surface area contributed by atoms with Crippen LogP contribution in [0.5, 0.6) is 0 Å². The Balaban J connectivity index is 1.53. The summed E-state index contributed by atoms with van der Waals surface area (Å²) in [5, 5.41) is 14.0.